The van der Waals surface area contributed by atoms with Crippen LogP contribution in [-0.2, 0) is 21.3 Å². The molecule has 0 aliphatic rings. The zero-order valence-corrected chi connectivity index (χ0v) is 17.9. The van der Waals surface area contributed by atoms with E-state index in [2.05, 4.69) is 0 Å². The highest BCUT2D eigenvalue weighted by Crippen LogP contribution is 2.27. The van der Waals surface area contributed by atoms with Crippen molar-refractivity contribution in [1.29, 1.82) is 0 Å². The second-order valence-electron chi connectivity index (χ2n) is 6.55. The number of furan rings is 1. The maximum atomic E-state index is 12.9. The minimum Gasteiger partial charge on any atom is -0.460 e. The standard InChI is InChI=1S/C21H24N2O6S/c1-4-23(5-2)30(26,27)15-11-12-19(24)22(13-15)14-17-16-9-7-8-10-18(16)29-20(17)21(25)28-6-3/h7-13H,4-6,14H2,1-3H3. The second-order valence-corrected chi connectivity index (χ2v) is 8.48. The van der Waals surface area contributed by atoms with Gasteiger partial charge >= 0.3 is 5.97 Å². The van der Waals surface area contributed by atoms with Crippen LogP contribution in [0.3, 0.4) is 0 Å². The summed E-state index contributed by atoms with van der Waals surface area (Å²) in [6.45, 7) is 5.96. The molecule has 2 aromatic heterocycles. The molecule has 30 heavy (non-hydrogen) atoms. The van der Waals surface area contributed by atoms with Crippen molar-refractivity contribution in [2.24, 2.45) is 0 Å². The molecule has 0 bridgehead atoms. The molecule has 0 spiro atoms. The van der Waals surface area contributed by atoms with Gasteiger partial charge in [-0.25, -0.2) is 13.2 Å². The molecule has 0 aliphatic heterocycles. The molecule has 0 N–H and O–H groups in total. The summed E-state index contributed by atoms with van der Waals surface area (Å²) in [6.07, 6.45) is 1.30. The van der Waals surface area contributed by atoms with E-state index in [4.69, 9.17) is 9.15 Å². The van der Waals surface area contributed by atoms with Crippen LogP contribution in [0.15, 0.2) is 56.7 Å². The first kappa shape index (κ1) is 21.8. The van der Waals surface area contributed by atoms with Gasteiger partial charge in [-0.1, -0.05) is 32.0 Å². The first-order valence-electron chi connectivity index (χ1n) is 9.71. The molecule has 0 radical (unpaired) electrons. The van der Waals surface area contributed by atoms with Crippen molar-refractivity contribution in [3.05, 3.63) is 64.3 Å². The Morgan fingerprint density at radius 1 is 1.10 bits per heavy atom. The third-order valence-electron chi connectivity index (χ3n) is 4.79. The normalized spacial score (nSPS) is 11.9. The van der Waals surface area contributed by atoms with E-state index in [1.165, 1.54) is 27.2 Å². The van der Waals surface area contributed by atoms with Crippen molar-refractivity contribution < 1.29 is 22.4 Å². The number of fused-ring (bicyclic) bond motifs is 1. The number of rotatable bonds is 8. The number of esters is 1. The molecule has 0 amide bonds. The average Bonchev–Trinajstić information content (AvgIpc) is 3.09. The fraction of sp³-hybridized carbons (Fsp3) is 0.333. The summed E-state index contributed by atoms with van der Waals surface area (Å²) < 4.78 is 39.0. The third kappa shape index (κ3) is 4.03. The number of hydrogen-bond acceptors (Lipinski definition) is 6. The van der Waals surface area contributed by atoms with Crippen molar-refractivity contribution >= 4 is 27.0 Å². The number of carbonyl (C=O) groups is 1. The van der Waals surface area contributed by atoms with Crippen LogP contribution in [0, 0.1) is 0 Å². The number of para-hydroxylation sites is 1. The molecule has 8 nitrogen and oxygen atoms in total. The van der Waals surface area contributed by atoms with E-state index in [-0.39, 0.29) is 23.8 Å². The molecule has 9 heteroatoms. The van der Waals surface area contributed by atoms with Crippen LogP contribution in [-0.4, -0.2) is 43.0 Å². The number of ether oxygens (including phenoxy) is 1. The first-order valence-corrected chi connectivity index (χ1v) is 11.2. The topological polar surface area (TPSA) is 98.8 Å². The van der Waals surface area contributed by atoms with Crippen LogP contribution < -0.4 is 5.56 Å². The number of sulfonamides is 1. The molecule has 3 rings (SSSR count). The highest BCUT2D eigenvalue weighted by atomic mass is 32.2. The van der Waals surface area contributed by atoms with Gasteiger partial charge in [0, 0.05) is 36.3 Å². The summed E-state index contributed by atoms with van der Waals surface area (Å²) in [5, 5.41) is 0.657. The van der Waals surface area contributed by atoms with E-state index in [1.807, 2.05) is 0 Å². The van der Waals surface area contributed by atoms with E-state index in [1.54, 1.807) is 45.0 Å². The van der Waals surface area contributed by atoms with Crippen molar-refractivity contribution in [3.8, 4) is 0 Å². The predicted molar refractivity (Wildman–Crippen MR) is 112 cm³/mol. The Bertz CT molecular complexity index is 1220. The van der Waals surface area contributed by atoms with E-state index < -0.39 is 21.6 Å². The van der Waals surface area contributed by atoms with Crippen molar-refractivity contribution in [3.63, 3.8) is 0 Å². The SMILES string of the molecule is CCOC(=O)c1oc2ccccc2c1Cn1cc(S(=O)(=O)N(CC)CC)ccc1=O. The van der Waals surface area contributed by atoms with Crippen LogP contribution in [0.25, 0.3) is 11.0 Å². The molecule has 0 saturated heterocycles. The van der Waals surface area contributed by atoms with Gasteiger partial charge in [0.1, 0.15) is 5.58 Å². The quantitative estimate of drug-likeness (QED) is 0.508. The molecule has 1 aromatic carbocycles. The fourth-order valence-corrected chi connectivity index (χ4v) is 4.76. The van der Waals surface area contributed by atoms with Gasteiger partial charge in [0.2, 0.25) is 15.8 Å². The first-order chi connectivity index (χ1) is 14.3. The van der Waals surface area contributed by atoms with Crippen LogP contribution in [0.5, 0.6) is 0 Å². The molecular weight excluding hydrogens is 408 g/mol. The van der Waals surface area contributed by atoms with Gasteiger partial charge in [0.25, 0.3) is 5.56 Å². The third-order valence-corrected chi connectivity index (χ3v) is 6.82. The lowest BCUT2D eigenvalue weighted by Crippen LogP contribution is -2.32. The summed E-state index contributed by atoms with van der Waals surface area (Å²) in [7, 11) is -3.74. The number of carbonyl (C=O) groups excluding carboxylic acids is 1. The molecule has 0 unspecified atom stereocenters. The average molecular weight is 432 g/mol. The predicted octanol–water partition coefficient (Wildman–Crippen LogP) is 2.85. The van der Waals surface area contributed by atoms with E-state index in [9.17, 15) is 18.0 Å². The Balaban J connectivity index is 2.11. The van der Waals surface area contributed by atoms with E-state index in [0.29, 0.717) is 29.6 Å². The highest BCUT2D eigenvalue weighted by molar-refractivity contribution is 7.89. The number of benzene rings is 1. The molecular formula is C21H24N2O6S. The van der Waals surface area contributed by atoms with Gasteiger partial charge in [-0.05, 0) is 19.1 Å². The molecule has 3 aromatic rings. The van der Waals surface area contributed by atoms with Crippen molar-refractivity contribution in [2.45, 2.75) is 32.2 Å². The lowest BCUT2D eigenvalue weighted by atomic mass is 10.1. The summed E-state index contributed by atoms with van der Waals surface area (Å²) in [5.41, 5.74) is 0.549. The minimum atomic E-state index is -3.74. The summed E-state index contributed by atoms with van der Waals surface area (Å²) in [5.74, 6) is -0.634. The number of pyridine rings is 1. The smallest absolute Gasteiger partial charge is 0.374 e. The molecule has 0 fully saturated rings. The molecule has 0 saturated carbocycles. The van der Waals surface area contributed by atoms with Crippen LogP contribution >= 0.6 is 0 Å². The highest BCUT2D eigenvalue weighted by Gasteiger charge is 2.25. The maximum absolute atomic E-state index is 12.9. The second kappa shape index (κ2) is 8.85. The largest absolute Gasteiger partial charge is 0.460 e. The van der Waals surface area contributed by atoms with Gasteiger partial charge in [0.05, 0.1) is 18.0 Å². The Morgan fingerprint density at radius 3 is 2.47 bits per heavy atom. The zero-order valence-electron chi connectivity index (χ0n) is 17.1. The molecule has 2 heterocycles. The Hall–Kier alpha value is -2.91. The Morgan fingerprint density at radius 2 is 1.80 bits per heavy atom. The Kier molecular flexibility index (Phi) is 6.42. The summed E-state index contributed by atoms with van der Waals surface area (Å²) in [6, 6.07) is 9.56. The van der Waals surface area contributed by atoms with Crippen molar-refractivity contribution in [1.82, 2.24) is 8.87 Å². The van der Waals surface area contributed by atoms with Crippen LogP contribution in [0.2, 0.25) is 0 Å². The van der Waals surface area contributed by atoms with Crippen LogP contribution in [0.1, 0.15) is 36.9 Å². The van der Waals surface area contributed by atoms with Crippen molar-refractivity contribution in [2.75, 3.05) is 19.7 Å². The van der Waals surface area contributed by atoms with Gasteiger partial charge in [-0.3, -0.25) is 4.79 Å². The molecule has 160 valence electrons. The molecule has 0 atom stereocenters. The van der Waals surface area contributed by atoms with E-state index in [0.717, 1.165) is 0 Å². The monoisotopic (exact) mass is 432 g/mol. The lowest BCUT2D eigenvalue weighted by Gasteiger charge is -2.19. The zero-order chi connectivity index (χ0) is 21.9. The number of hydrogen-bond donors (Lipinski definition) is 0. The number of aromatic nitrogens is 1. The summed E-state index contributed by atoms with van der Waals surface area (Å²) in [4.78, 5) is 24.9. The van der Waals surface area contributed by atoms with E-state index >= 15 is 0 Å². The lowest BCUT2D eigenvalue weighted by molar-refractivity contribution is 0.0490. The Labute approximate surface area is 174 Å². The minimum absolute atomic E-state index is 0.00181. The van der Waals surface area contributed by atoms with Gasteiger partial charge in [0.15, 0.2) is 0 Å². The molecule has 0 aliphatic carbocycles. The van der Waals surface area contributed by atoms with Gasteiger partial charge in [-0.2, -0.15) is 4.31 Å². The van der Waals surface area contributed by atoms with Gasteiger partial charge < -0.3 is 13.7 Å². The maximum Gasteiger partial charge on any atom is 0.374 e. The van der Waals surface area contributed by atoms with Crippen LogP contribution in [0.4, 0.5) is 0 Å². The summed E-state index contributed by atoms with van der Waals surface area (Å²) >= 11 is 0. The van der Waals surface area contributed by atoms with Gasteiger partial charge in [-0.15, -0.1) is 0 Å². The fourth-order valence-electron chi connectivity index (χ4n) is 3.29. The number of nitrogens with zero attached hydrogens (tertiary/aromatic N) is 2.